The van der Waals surface area contributed by atoms with Crippen molar-refractivity contribution in [2.45, 2.75) is 185 Å². The maximum absolute atomic E-state index is 15.1. The molecule has 0 aromatic heterocycles. The Morgan fingerprint density at radius 2 is 0.766 bits per heavy atom. The van der Waals surface area contributed by atoms with Crippen LogP contribution in [0.15, 0.2) is 243 Å². The van der Waals surface area contributed by atoms with Gasteiger partial charge in [-0.2, -0.15) is 0 Å². The standard InChI is InChI=1S/C86H97NO20/c1-60-73(96-54-66-38-20-8-21-39-66)75(98-56-68-42-24-10-25-43-68)81(102-61(2)88)85(101-60)105-77-78(106-86-82(103-62(3)89)76(99-57-69-44-26-11-27-45-69)74(97-55-67-40-22-9-23-41-67)71(104-86)59-93-52-64-34-16-6-17-35-64)80(100-58-70-46-28-12-29-47-70)84(107-79(77)83(91)92-4)94-49-31-13-30-48-87(50-63-32-14-5-15-33-63)51-72(90)95-53-65-36-18-7-19-37-65/h5-12,14-29,32-47,60,71,73-82,84-86H,13,30-31,48-59H2,1-4H3/t60-,71?,73-,74-,75?,76?,77+,78?,79?,80?,81?,82?,84-,85-,86-/m0/s1. The van der Waals surface area contributed by atoms with E-state index in [-0.39, 0.29) is 72.0 Å². The largest absolute Gasteiger partial charge is 0.467 e. The van der Waals surface area contributed by atoms with Gasteiger partial charge < -0.3 is 75.8 Å². The molecule has 107 heavy (non-hydrogen) atoms. The molecule has 3 aliphatic rings. The van der Waals surface area contributed by atoms with Gasteiger partial charge in [0.25, 0.3) is 0 Å². The van der Waals surface area contributed by atoms with Crippen molar-refractivity contribution in [3.63, 3.8) is 0 Å². The van der Waals surface area contributed by atoms with E-state index < -0.39 is 110 Å². The van der Waals surface area contributed by atoms with E-state index >= 15 is 4.79 Å². The number of hydrogen-bond acceptors (Lipinski definition) is 21. The average Bonchev–Trinajstić information content (AvgIpc) is 0.758. The summed E-state index contributed by atoms with van der Waals surface area (Å²) in [6.07, 6.45) is -18.1. The summed E-state index contributed by atoms with van der Waals surface area (Å²) in [4.78, 5) is 58.3. The van der Waals surface area contributed by atoms with Crippen LogP contribution in [0.1, 0.15) is 84.5 Å². The molecule has 3 saturated heterocycles. The van der Waals surface area contributed by atoms with E-state index in [1.165, 1.54) is 21.0 Å². The summed E-state index contributed by atoms with van der Waals surface area (Å²) in [5, 5.41) is 0. The normalized spacial score (nSPS) is 24.3. The van der Waals surface area contributed by atoms with E-state index in [2.05, 4.69) is 4.90 Å². The number of methoxy groups -OCH3 is 1. The van der Waals surface area contributed by atoms with Crippen LogP contribution in [0.25, 0.3) is 0 Å². The number of hydrogen-bond donors (Lipinski definition) is 0. The molecule has 566 valence electrons. The van der Waals surface area contributed by atoms with Crippen LogP contribution in [0.3, 0.4) is 0 Å². The first-order valence-electron chi connectivity index (χ1n) is 36.6. The highest BCUT2D eigenvalue weighted by Crippen LogP contribution is 2.40. The second-order valence-corrected chi connectivity index (χ2v) is 26.6. The third kappa shape index (κ3) is 24.3. The molecule has 0 spiro atoms. The zero-order chi connectivity index (χ0) is 74.4. The fourth-order valence-electron chi connectivity index (χ4n) is 13.2. The molecule has 0 aliphatic carbocycles. The molecule has 15 atom stereocenters. The number of benzene rings is 8. The van der Waals surface area contributed by atoms with Gasteiger partial charge >= 0.3 is 23.9 Å². The predicted molar refractivity (Wildman–Crippen MR) is 393 cm³/mol. The number of rotatable bonds is 39. The Morgan fingerprint density at radius 1 is 0.374 bits per heavy atom. The SMILES string of the molecule is COC(=O)C1O[C@H](OCCCCCN(CC(=O)OCc2ccccc2)Cc2ccccc2)C(OCc2ccccc2)C(O[C@@H]2OC(COCc3ccccc3)[C@H](OCc3ccccc3)C(OCc3ccccc3)C2OC(C)=O)[C@H]1O[C@@H]1O[C@@H](C)[C@H](OCc2ccccc2)C(OCc2ccccc2)C1OC(C)=O. The van der Waals surface area contributed by atoms with E-state index in [4.69, 9.17) is 75.8 Å². The average molecular weight is 1460 g/mol. The monoisotopic (exact) mass is 1460 g/mol. The minimum Gasteiger partial charge on any atom is -0.467 e. The van der Waals surface area contributed by atoms with Gasteiger partial charge in [0, 0.05) is 27.0 Å². The van der Waals surface area contributed by atoms with Gasteiger partial charge in [-0.15, -0.1) is 0 Å². The summed E-state index contributed by atoms with van der Waals surface area (Å²) in [6, 6.07) is 76.8. The van der Waals surface area contributed by atoms with Gasteiger partial charge in [0.05, 0.1) is 66.0 Å². The molecule has 8 aromatic rings. The van der Waals surface area contributed by atoms with Gasteiger partial charge in [-0.1, -0.05) is 243 Å². The lowest BCUT2D eigenvalue weighted by Crippen LogP contribution is -2.69. The van der Waals surface area contributed by atoms with Gasteiger partial charge in [0.2, 0.25) is 0 Å². The van der Waals surface area contributed by atoms with E-state index in [0.29, 0.717) is 32.4 Å². The Bertz CT molecular complexity index is 3880. The summed E-state index contributed by atoms with van der Waals surface area (Å²) in [7, 11) is 1.21. The fraction of sp³-hybridized carbons (Fsp3) is 0.395. The summed E-state index contributed by atoms with van der Waals surface area (Å²) < 4.78 is 108. The van der Waals surface area contributed by atoms with Crippen molar-refractivity contribution in [1.82, 2.24) is 4.90 Å². The first-order valence-corrected chi connectivity index (χ1v) is 36.6. The molecule has 21 heteroatoms. The molecular weight excluding hydrogens is 1370 g/mol. The first kappa shape index (κ1) is 79.2. The molecule has 8 unspecified atom stereocenters. The van der Waals surface area contributed by atoms with Crippen molar-refractivity contribution < 1.29 is 95.0 Å². The van der Waals surface area contributed by atoms with E-state index in [1.807, 2.05) is 243 Å². The number of ether oxygens (including phenoxy) is 16. The third-order valence-electron chi connectivity index (χ3n) is 18.5. The minimum atomic E-state index is -1.74. The molecule has 21 nitrogen and oxygen atoms in total. The molecule has 0 amide bonds. The lowest BCUT2D eigenvalue weighted by Gasteiger charge is -2.51. The second kappa shape index (κ2) is 42.0. The molecule has 3 aliphatic heterocycles. The van der Waals surface area contributed by atoms with Crippen LogP contribution in [-0.4, -0.2) is 154 Å². The Morgan fingerprint density at radius 3 is 1.22 bits per heavy atom. The maximum atomic E-state index is 15.1. The van der Waals surface area contributed by atoms with Gasteiger partial charge in [-0.3, -0.25) is 19.3 Å². The second-order valence-electron chi connectivity index (χ2n) is 26.6. The van der Waals surface area contributed by atoms with Crippen molar-refractivity contribution in [2.24, 2.45) is 0 Å². The molecule has 11 rings (SSSR count). The molecule has 0 radical (unpaired) electrons. The Hall–Kier alpha value is -8.88. The van der Waals surface area contributed by atoms with Crippen LogP contribution < -0.4 is 0 Å². The highest BCUT2D eigenvalue weighted by molar-refractivity contribution is 5.75. The van der Waals surface area contributed by atoms with Crippen molar-refractivity contribution in [2.75, 3.05) is 33.4 Å². The van der Waals surface area contributed by atoms with Gasteiger partial charge in [0.15, 0.2) is 37.2 Å². The number of nitrogens with zero attached hydrogens (tertiary/aromatic N) is 1. The van der Waals surface area contributed by atoms with Gasteiger partial charge in [0.1, 0.15) is 55.4 Å². The van der Waals surface area contributed by atoms with Crippen LogP contribution in [0.4, 0.5) is 0 Å². The van der Waals surface area contributed by atoms with Gasteiger partial charge in [-0.25, -0.2) is 4.79 Å². The Labute approximate surface area is 626 Å². The zero-order valence-corrected chi connectivity index (χ0v) is 61.0. The van der Waals surface area contributed by atoms with Crippen molar-refractivity contribution in [3.05, 3.63) is 287 Å². The zero-order valence-electron chi connectivity index (χ0n) is 61.0. The summed E-state index contributed by atoms with van der Waals surface area (Å²) >= 11 is 0. The molecule has 3 heterocycles. The van der Waals surface area contributed by atoms with Crippen molar-refractivity contribution in [3.8, 4) is 0 Å². The number of unbranched alkanes of at least 4 members (excludes halogenated alkanes) is 2. The molecule has 3 fully saturated rings. The van der Waals surface area contributed by atoms with Gasteiger partial charge in [-0.05, 0) is 77.2 Å². The fourth-order valence-corrected chi connectivity index (χ4v) is 13.2. The van der Waals surface area contributed by atoms with Crippen LogP contribution in [-0.2, 0) is 148 Å². The first-order chi connectivity index (χ1) is 52.4. The minimum absolute atomic E-state index is 0.0234. The van der Waals surface area contributed by atoms with Crippen LogP contribution in [0, 0.1) is 0 Å². The molecule has 0 N–H and O–H groups in total. The van der Waals surface area contributed by atoms with Crippen LogP contribution >= 0.6 is 0 Å². The number of carbonyl (C=O) groups is 4. The number of carbonyl (C=O) groups excluding carboxylic acids is 4. The van der Waals surface area contributed by atoms with Crippen LogP contribution in [0.5, 0.6) is 0 Å². The maximum Gasteiger partial charge on any atom is 0.337 e. The molecule has 8 aromatic carbocycles. The Kier molecular flexibility index (Phi) is 31.1. The molecule has 0 bridgehead atoms. The highest BCUT2D eigenvalue weighted by atomic mass is 16.8. The van der Waals surface area contributed by atoms with Crippen LogP contribution in [0.2, 0.25) is 0 Å². The quantitative estimate of drug-likeness (QED) is 0.0199. The number of esters is 4. The molecule has 0 saturated carbocycles. The highest BCUT2D eigenvalue weighted by Gasteiger charge is 2.59. The lowest BCUT2D eigenvalue weighted by atomic mass is 9.94. The van der Waals surface area contributed by atoms with E-state index in [0.717, 1.165) is 44.5 Å². The predicted octanol–water partition coefficient (Wildman–Crippen LogP) is 12.6. The lowest BCUT2D eigenvalue weighted by molar-refractivity contribution is -0.390. The third-order valence-corrected chi connectivity index (χ3v) is 18.5. The van der Waals surface area contributed by atoms with E-state index in [9.17, 15) is 14.4 Å². The van der Waals surface area contributed by atoms with Crippen molar-refractivity contribution in [1.29, 1.82) is 0 Å². The smallest absolute Gasteiger partial charge is 0.337 e. The molecular formula is C86H97NO20. The van der Waals surface area contributed by atoms with E-state index in [1.54, 1.807) is 6.92 Å². The van der Waals surface area contributed by atoms with Crippen molar-refractivity contribution >= 4 is 23.9 Å². The summed E-state index contributed by atoms with van der Waals surface area (Å²) in [5.41, 5.74) is 6.89. The summed E-state index contributed by atoms with van der Waals surface area (Å²) in [5.74, 6) is -2.68. The summed E-state index contributed by atoms with van der Waals surface area (Å²) in [6.45, 7) is 5.99. The topological polar surface area (TPSA) is 219 Å². The Balaban J connectivity index is 0.966.